The first kappa shape index (κ1) is 17.6. The predicted molar refractivity (Wildman–Crippen MR) is 104 cm³/mol. The van der Waals surface area contributed by atoms with Crippen LogP contribution in [-0.4, -0.2) is 35.4 Å². The SMILES string of the molecule is CN(Cc1ccccc1O)C(=O)C1CC(=O)N(c2ccc3c(c2)CCC3)C1. The Balaban J connectivity index is 1.45. The lowest BCUT2D eigenvalue weighted by Crippen LogP contribution is -2.34. The van der Waals surface area contributed by atoms with E-state index in [0.29, 0.717) is 18.7 Å². The second kappa shape index (κ2) is 7.06. The minimum Gasteiger partial charge on any atom is -0.508 e. The van der Waals surface area contributed by atoms with Gasteiger partial charge in [0.05, 0.1) is 5.92 Å². The molecule has 1 fully saturated rings. The van der Waals surface area contributed by atoms with Crippen LogP contribution in [0.15, 0.2) is 42.5 Å². The summed E-state index contributed by atoms with van der Waals surface area (Å²) >= 11 is 0. The van der Waals surface area contributed by atoms with Gasteiger partial charge in [-0.3, -0.25) is 9.59 Å². The molecule has 0 bridgehead atoms. The number of carbonyl (C=O) groups is 2. The quantitative estimate of drug-likeness (QED) is 0.907. The van der Waals surface area contributed by atoms with Gasteiger partial charge in [-0.15, -0.1) is 0 Å². The van der Waals surface area contributed by atoms with Crippen molar-refractivity contribution < 1.29 is 14.7 Å². The second-order valence-electron chi connectivity index (χ2n) is 7.53. The van der Waals surface area contributed by atoms with Crippen molar-refractivity contribution >= 4 is 17.5 Å². The number of hydrogen-bond donors (Lipinski definition) is 1. The molecule has 2 aliphatic rings. The minimum absolute atomic E-state index is 0.00209. The Morgan fingerprint density at radius 2 is 1.96 bits per heavy atom. The number of hydrogen-bond acceptors (Lipinski definition) is 3. The van der Waals surface area contributed by atoms with Crippen LogP contribution in [0.3, 0.4) is 0 Å². The lowest BCUT2D eigenvalue weighted by atomic mass is 10.1. The summed E-state index contributed by atoms with van der Waals surface area (Å²) in [6.45, 7) is 0.747. The zero-order valence-corrected chi connectivity index (χ0v) is 15.5. The molecule has 2 aromatic carbocycles. The molecule has 1 atom stereocenters. The van der Waals surface area contributed by atoms with E-state index in [1.165, 1.54) is 17.5 Å². The zero-order valence-electron chi connectivity index (χ0n) is 15.5. The molecule has 5 heteroatoms. The average Bonchev–Trinajstić information content (AvgIpc) is 3.28. The molecule has 5 nitrogen and oxygen atoms in total. The predicted octanol–water partition coefficient (Wildman–Crippen LogP) is 2.89. The van der Waals surface area contributed by atoms with Gasteiger partial charge in [-0.25, -0.2) is 0 Å². The Kier molecular flexibility index (Phi) is 4.60. The van der Waals surface area contributed by atoms with E-state index in [4.69, 9.17) is 0 Å². The van der Waals surface area contributed by atoms with Gasteiger partial charge in [0.1, 0.15) is 5.75 Å². The minimum atomic E-state index is -0.346. The largest absolute Gasteiger partial charge is 0.508 e. The first-order chi connectivity index (χ1) is 13.0. The van der Waals surface area contributed by atoms with Gasteiger partial charge in [0.25, 0.3) is 0 Å². The number of aromatic hydroxyl groups is 1. The van der Waals surface area contributed by atoms with Crippen molar-refractivity contribution in [3.63, 3.8) is 0 Å². The monoisotopic (exact) mass is 364 g/mol. The van der Waals surface area contributed by atoms with Gasteiger partial charge in [0, 0.05) is 37.8 Å². The van der Waals surface area contributed by atoms with Gasteiger partial charge < -0.3 is 14.9 Å². The van der Waals surface area contributed by atoms with E-state index in [0.717, 1.165) is 18.5 Å². The summed E-state index contributed by atoms with van der Waals surface area (Å²) < 4.78 is 0. The average molecular weight is 364 g/mol. The molecule has 1 saturated heterocycles. The van der Waals surface area contributed by atoms with E-state index < -0.39 is 0 Å². The number of fused-ring (bicyclic) bond motifs is 1. The van der Waals surface area contributed by atoms with Crippen molar-refractivity contribution in [3.05, 3.63) is 59.2 Å². The van der Waals surface area contributed by atoms with E-state index in [2.05, 4.69) is 12.1 Å². The van der Waals surface area contributed by atoms with Crippen LogP contribution in [0.5, 0.6) is 5.75 Å². The highest BCUT2D eigenvalue weighted by Crippen LogP contribution is 2.31. The molecule has 1 aliphatic carbocycles. The van der Waals surface area contributed by atoms with E-state index in [1.807, 2.05) is 12.1 Å². The zero-order chi connectivity index (χ0) is 19.0. The Morgan fingerprint density at radius 1 is 1.19 bits per heavy atom. The van der Waals surface area contributed by atoms with Gasteiger partial charge in [0.15, 0.2) is 0 Å². The van der Waals surface area contributed by atoms with Crippen LogP contribution in [0.2, 0.25) is 0 Å². The molecule has 0 spiro atoms. The number of para-hydroxylation sites is 1. The Morgan fingerprint density at radius 3 is 2.78 bits per heavy atom. The fraction of sp³-hybridized carbons (Fsp3) is 0.364. The number of phenolic OH excluding ortho intramolecular Hbond substituents is 1. The molecular weight excluding hydrogens is 340 g/mol. The van der Waals surface area contributed by atoms with Crippen molar-refractivity contribution in [2.24, 2.45) is 5.92 Å². The smallest absolute Gasteiger partial charge is 0.228 e. The van der Waals surface area contributed by atoms with Gasteiger partial charge in [-0.05, 0) is 48.6 Å². The number of phenols is 1. The number of carbonyl (C=O) groups excluding carboxylic acids is 2. The van der Waals surface area contributed by atoms with Gasteiger partial charge >= 0.3 is 0 Å². The summed E-state index contributed by atoms with van der Waals surface area (Å²) in [5, 5.41) is 9.92. The van der Waals surface area contributed by atoms with Crippen LogP contribution in [0.1, 0.15) is 29.5 Å². The highest BCUT2D eigenvalue weighted by atomic mass is 16.3. The van der Waals surface area contributed by atoms with Gasteiger partial charge in [-0.1, -0.05) is 24.3 Å². The van der Waals surface area contributed by atoms with Gasteiger partial charge in [-0.2, -0.15) is 0 Å². The molecule has 2 amide bonds. The van der Waals surface area contributed by atoms with E-state index in [-0.39, 0.29) is 29.9 Å². The summed E-state index contributed by atoms with van der Waals surface area (Å²) in [4.78, 5) is 28.7. The van der Waals surface area contributed by atoms with Crippen molar-refractivity contribution in [3.8, 4) is 5.75 Å². The molecule has 0 saturated carbocycles. The standard InChI is InChI=1S/C22H24N2O3/c1-23(13-17-5-2-3-8-20(17)25)22(27)18-12-21(26)24(14-18)19-10-9-15-6-4-7-16(15)11-19/h2-3,5,8-11,18,25H,4,6-7,12-14H2,1H3. The summed E-state index contributed by atoms with van der Waals surface area (Å²) in [7, 11) is 1.72. The number of anilines is 1. The van der Waals surface area contributed by atoms with Crippen molar-refractivity contribution in [2.45, 2.75) is 32.2 Å². The Hall–Kier alpha value is -2.82. The molecule has 140 valence electrons. The van der Waals surface area contributed by atoms with Crippen molar-refractivity contribution in [2.75, 3.05) is 18.5 Å². The van der Waals surface area contributed by atoms with Crippen molar-refractivity contribution in [1.29, 1.82) is 0 Å². The Bertz CT molecular complexity index is 893. The van der Waals surface area contributed by atoms with Crippen LogP contribution in [0.25, 0.3) is 0 Å². The highest BCUT2D eigenvalue weighted by Gasteiger charge is 2.36. The number of rotatable bonds is 4. The molecular formula is C22H24N2O3. The van der Waals surface area contributed by atoms with Crippen LogP contribution < -0.4 is 4.90 Å². The molecule has 1 N–H and O–H groups in total. The summed E-state index contributed by atoms with van der Waals surface area (Å²) in [5.74, 6) is -0.224. The molecule has 27 heavy (non-hydrogen) atoms. The first-order valence-electron chi connectivity index (χ1n) is 9.47. The molecule has 1 heterocycles. The van der Waals surface area contributed by atoms with Crippen LogP contribution in [-0.2, 0) is 29.0 Å². The number of aryl methyl sites for hydroxylation is 2. The summed E-state index contributed by atoms with van der Waals surface area (Å²) in [5.41, 5.74) is 4.31. The number of amides is 2. The lowest BCUT2D eigenvalue weighted by Gasteiger charge is -2.22. The van der Waals surface area contributed by atoms with E-state index in [1.54, 1.807) is 35.0 Å². The number of nitrogens with zero attached hydrogens (tertiary/aromatic N) is 2. The molecule has 2 aromatic rings. The van der Waals surface area contributed by atoms with E-state index in [9.17, 15) is 14.7 Å². The van der Waals surface area contributed by atoms with Gasteiger partial charge in [0.2, 0.25) is 11.8 Å². The lowest BCUT2D eigenvalue weighted by molar-refractivity contribution is -0.135. The van der Waals surface area contributed by atoms with Crippen molar-refractivity contribution in [1.82, 2.24) is 4.90 Å². The third kappa shape index (κ3) is 3.42. The molecule has 4 rings (SSSR count). The summed E-state index contributed by atoms with van der Waals surface area (Å²) in [6, 6.07) is 13.2. The highest BCUT2D eigenvalue weighted by molar-refractivity contribution is 6.00. The van der Waals surface area contributed by atoms with Crippen LogP contribution in [0.4, 0.5) is 5.69 Å². The van der Waals surface area contributed by atoms with E-state index >= 15 is 0 Å². The fourth-order valence-corrected chi connectivity index (χ4v) is 4.14. The molecule has 0 aromatic heterocycles. The van der Waals surface area contributed by atoms with Crippen LogP contribution in [0, 0.1) is 5.92 Å². The topological polar surface area (TPSA) is 60.9 Å². The normalized spacial score (nSPS) is 18.6. The molecule has 1 aliphatic heterocycles. The third-order valence-corrected chi connectivity index (χ3v) is 5.64. The maximum Gasteiger partial charge on any atom is 0.228 e. The fourth-order valence-electron chi connectivity index (χ4n) is 4.14. The van der Waals surface area contributed by atoms with Crippen LogP contribution >= 0.6 is 0 Å². The number of benzene rings is 2. The molecule has 0 radical (unpaired) electrons. The maximum absolute atomic E-state index is 12.8. The summed E-state index contributed by atoms with van der Waals surface area (Å²) in [6.07, 6.45) is 3.59. The maximum atomic E-state index is 12.8. The second-order valence-corrected chi connectivity index (χ2v) is 7.53. The molecule has 1 unspecified atom stereocenters. The third-order valence-electron chi connectivity index (χ3n) is 5.64. The Labute approximate surface area is 159 Å². The first-order valence-corrected chi connectivity index (χ1v) is 9.47.